The van der Waals surface area contributed by atoms with Gasteiger partial charge in [0.25, 0.3) is 11.8 Å². The summed E-state index contributed by atoms with van der Waals surface area (Å²) in [4.78, 5) is 33.4. The van der Waals surface area contributed by atoms with E-state index in [1.165, 1.54) is 28.4 Å². The summed E-state index contributed by atoms with van der Waals surface area (Å²) >= 11 is 0. The van der Waals surface area contributed by atoms with Crippen LogP contribution in [0.25, 0.3) is 0 Å². The van der Waals surface area contributed by atoms with E-state index < -0.39 is 34.0 Å². The smallest absolute Gasteiger partial charge is 0.254 e. The molecule has 0 saturated carbocycles. The molecule has 256 valence electrons. The van der Waals surface area contributed by atoms with E-state index in [2.05, 4.69) is 10.3 Å². The van der Waals surface area contributed by atoms with Gasteiger partial charge in [0.1, 0.15) is 17.2 Å². The maximum Gasteiger partial charge on any atom is 0.254 e. The van der Waals surface area contributed by atoms with E-state index in [4.69, 9.17) is 9.15 Å². The molecule has 48 heavy (non-hydrogen) atoms. The Hall–Kier alpha value is -4.52. The lowest BCUT2D eigenvalue weighted by Gasteiger charge is -2.31. The second-order valence-corrected chi connectivity index (χ2v) is 14.1. The van der Waals surface area contributed by atoms with Crippen molar-refractivity contribution < 1.29 is 32.3 Å². The van der Waals surface area contributed by atoms with Gasteiger partial charge in [0.15, 0.2) is 5.89 Å². The SMILES string of the molecule is COc1ccc(S(=O)(=O)N(CC(C)C)CC(O)[C@H](Cc2ccccc2)NC(=O)c2ccccc2C(=O)N(C)Cc2nc(C)oc2C)cc1. The summed E-state index contributed by atoms with van der Waals surface area (Å²) in [7, 11) is -0.896. The Morgan fingerprint density at radius 3 is 2.15 bits per heavy atom. The van der Waals surface area contributed by atoms with Gasteiger partial charge in [-0.25, -0.2) is 13.4 Å². The Balaban J connectivity index is 1.61. The summed E-state index contributed by atoms with van der Waals surface area (Å²) in [5, 5.41) is 14.6. The van der Waals surface area contributed by atoms with Gasteiger partial charge in [-0.05, 0) is 61.2 Å². The van der Waals surface area contributed by atoms with E-state index in [0.717, 1.165) is 5.56 Å². The van der Waals surface area contributed by atoms with Gasteiger partial charge in [0.2, 0.25) is 10.0 Å². The van der Waals surface area contributed by atoms with Gasteiger partial charge in [-0.2, -0.15) is 4.31 Å². The number of methoxy groups -OCH3 is 1. The molecule has 0 radical (unpaired) electrons. The minimum absolute atomic E-state index is 0.0489. The first kappa shape index (κ1) is 36.3. The summed E-state index contributed by atoms with van der Waals surface area (Å²) < 4.78 is 39.5. The molecular formula is C36H44N4O7S. The lowest BCUT2D eigenvalue weighted by Crippen LogP contribution is -2.51. The molecule has 0 aliphatic rings. The number of aliphatic hydroxyl groups excluding tert-OH is 1. The minimum Gasteiger partial charge on any atom is -0.497 e. The first-order valence-corrected chi connectivity index (χ1v) is 17.2. The molecule has 0 fully saturated rings. The topological polar surface area (TPSA) is 142 Å². The standard InChI is InChI=1S/C36H44N4O7S/c1-24(2)21-40(48(44,45)29-18-16-28(46-6)17-19-29)23-34(41)32(20-27-12-8-7-9-13-27)38-35(42)30-14-10-11-15-31(30)36(43)39(5)22-33-25(3)47-26(4)37-33/h7-19,24,32,34,41H,20-23H2,1-6H3,(H,38,42)/t32-,34?/m0/s1. The molecule has 1 aromatic heterocycles. The van der Waals surface area contributed by atoms with Crippen LogP contribution < -0.4 is 10.1 Å². The van der Waals surface area contributed by atoms with Gasteiger partial charge in [-0.1, -0.05) is 56.3 Å². The summed E-state index contributed by atoms with van der Waals surface area (Å²) in [5.74, 6) is 0.603. The first-order chi connectivity index (χ1) is 22.8. The second-order valence-electron chi connectivity index (χ2n) is 12.2. The highest BCUT2D eigenvalue weighted by molar-refractivity contribution is 7.89. The number of hydrogen-bond acceptors (Lipinski definition) is 8. The maximum atomic E-state index is 13.9. The number of hydrogen-bond donors (Lipinski definition) is 2. The van der Waals surface area contributed by atoms with Gasteiger partial charge in [0.05, 0.1) is 41.8 Å². The number of aromatic nitrogens is 1. The fraction of sp³-hybridized carbons (Fsp3) is 0.361. The van der Waals surface area contributed by atoms with E-state index in [0.29, 0.717) is 23.1 Å². The third kappa shape index (κ3) is 9.09. The first-order valence-electron chi connectivity index (χ1n) is 15.7. The Labute approximate surface area is 282 Å². The van der Waals surface area contributed by atoms with Crippen molar-refractivity contribution in [3.05, 3.63) is 113 Å². The van der Waals surface area contributed by atoms with Crippen LogP contribution in [-0.2, 0) is 23.0 Å². The number of oxazole rings is 1. The average Bonchev–Trinajstić information content (AvgIpc) is 3.39. The Kier molecular flexibility index (Phi) is 12.1. The molecule has 2 amide bonds. The number of carbonyl (C=O) groups excluding carboxylic acids is 2. The largest absolute Gasteiger partial charge is 0.497 e. The van der Waals surface area contributed by atoms with Crippen LogP contribution in [0.5, 0.6) is 5.75 Å². The van der Waals surface area contributed by atoms with Gasteiger partial charge in [-0.3, -0.25) is 9.59 Å². The van der Waals surface area contributed by atoms with Crippen LogP contribution in [0.3, 0.4) is 0 Å². The number of benzene rings is 3. The van der Waals surface area contributed by atoms with Crippen molar-refractivity contribution in [1.29, 1.82) is 0 Å². The highest BCUT2D eigenvalue weighted by atomic mass is 32.2. The van der Waals surface area contributed by atoms with Gasteiger partial charge >= 0.3 is 0 Å². The molecule has 0 saturated heterocycles. The number of nitrogens with zero attached hydrogens (tertiary/aromatic N) is 3. The van der Waals surface area contributed by atoms with Crippen molar-refractivity contribution in [1.82, 2.24) is 19.5 Å². The predicted molar refractivity (Wildman–Crippen MR) is 182 cm³/mol. The Morgan fingerprint density at radius 2 is 1.56 bits per heavy atom. The lowest BCUT2D eigenvalue weighted by molar-refractivity contribution is 0.0749. The van der Waals surface area contributed by atoms with Crippen LogP contribution in [0.1, 0.15) is 57.5 Å². The molecule has 1 heterocycles. The molecule has 0 aliphatic heterocycles. The van der Waals surface area contributed by atoms with Crippen LogP contribution in [0.4, 0.5) is 0 Å². The number of carbonyl (C=O) groups is 2. The van der Waals surface area contributed by atoms with Crippen molar-refractivity contribution in [3.63, 3.8) is 0 Å². The highest BCUT2D eigenvalue weighted by Crippen LogP contribution is 2.22. The van der Waals surface area contributed by atoms with Crippen molar-refractivity contribution in [2.45, 2.75) is 57.7 Å². The summed E-state index contributed by atoms with van der Waals surface area (Å²) in [6.07, 6.45) is -1.09. The number of ether oxygens (including phenoxy) is 1. The van der Waals surface area contributed by atoms with Crippen LogP contribution in [-0.4, -0.2) is 78.9 Å². The molecule has 0 aliphatic carbocycles. The van der Waals surface area contributed by atoms with Crippen LogP contribution in [0.15, 0.2) is 88.2 Å². The van der Waals surface area contributed by atoms with Gasteiger partial charge in [0, 0.05) is 27.1 Å². The molecule has 2 N–H and O–H groups in total. The summed E-state index contributed by atoms with van der Waals surface area (Å²) in [6, 6.07) is 20.9. The van der Waals surface area contributed by atoms with E-state index in [1.807, 2.05) is 44.2 Å². The molecule has 1 unspecified atom stereocenters. The fourth-order valence-electron chi connectivity index (χ4n) is 5.40. The molecule has 11 nitrogen and oxygen atoms in total. The summed E-state index contributed by atoms with van der Waals surface area (Å²) in [6.45, 7) is 7.34. The molecule has 0 bridgehead atoms. The molecule has 3 aromatic carbocycles. The zero-order valence-corrected chi connectivity index (χ0v) is 29.0. The number of rotatable bonds is 15. The normalized spacial score (nSPS) is 12.9. The average molecular weight is 677 g/mol. The Morgan fingerprint density at radius 1 is 0.938 bits per heavy atom. The molecule has 4 rings (SSSR count). The highest BCUT2D eigenvalue weighted by Gasteiger charge is 2.32. The van der Waals surface area contributed by atoms with E-state index >= 15 is 0 Å². The van der Waals surface area contributed by atoms with Crippen molar-refractivity contribution in [3.8, 4) is 5.75 Å². The zero-order valence-electron chi connectivity index (χ0n) is 28.2. The zero-order chi connectivity index (χ0) is 35.0. The minimum atomic E-state index is -4.02. The number of aryl methyl sites for hydroxylation is 2. The monoisotopic (exact) mass is 676 g/mol. The molecule has 4 aromatic rings. The number of aliphatic hydroxyl groups is 1. The van der Waals surface area contributed by atoms with E-state index in [1.54, 1.807) is 57.3 Å². The van der Waals surface area contributed by atoms with Crippen LogP contribution >= 0.6 is 0 Å². The second kappa shape index (κ2) is 16.1. The van der Waals surface area contributed by atoms with Crippen molar-refractivity contribution >= 4 is 21.8 Å². The third-order valence-electron chi connectivity index (χ3n) is 7.87. The third-order valence-corrected chi connectivity index (χ3v) is 9.72. The quantitative estimate of drug-likeness (QED) is 0.186. The van der Waals surface area contributed by atoms with Gasteiger partial charge < -0.3 is 24.5 Å². The maximum absolute atomic E-state index is 13.9. The van der Waals surface area contributed by atoms with Crippen LogP contribution in [0, 0.1) is 19.8 Å². The Bertz CT molecular complexity index is 1790. The van der Waals surface area contributed by atoms with Crippen molar-refractivity contribution in [2.75, 3.05) is 27.2 Å². The molecular weight excluding hydrogens is 632 g/mol. The lowest BCUT2D eigenvalue weighted by atomic mass is 9.99. The molecule has 2 atom stereocenters. The number of nitrogens with one attached hydrogen (secondary N) is 1. The van der Waals surface area contributed by atoms with Gasteiger partial charge in [-0.15, -0.1) is 0 Å². The predicted octanol–water partition coefficient (Wildman–Crippen LogP) is 4.62. The number of sulfonamides is 1. The van der Waals surface area contributed by atoms with E-state index in [-0.39, 0.29) is 48.0 Å². The van der Waals surface area contributed by atoms with Crippen LogP contribution in [0.2, 0.25) is 0 Å². The molecule has 12 heteroatoms. The number of amides is 2. The van der Waals surface area contributed by atoms with Crippen molar-refractivity contribution in [2.24, 2.45) is 5.92 Å². The fourth-order valence-corrected chi connectivity index (χ4v) is 7.02. The summed E-state index contributed by atoms with van der Waals surface area (Å²) in [5.41, 5.74) is 1.74. The molecule has 0 spiro atoms. The van der Waals surface area contributed by atoms with E-state index in [9.17, 15) is 23.1 Å².